The van der Waals surface area contributed by atoms with Crippen molar-refractivity contribution in [2.75, 3.05) is 26.3 Å². The van der Waals surface area contributed by atoms with E-state index in [0.717, 1.165) is 24.9 Å². The zero-order valence-electron chi connectivity index (χ0n) is 10.7. The van der Waals surface area contributed by atoms with Crippen LogP contribution in [-0.2, 0) is 11.2 Å². The SMILES string of the molecule is c1cc(OC2COC2)ccc1CC1CCNCC1. The third-order valence-electron chi connectivity index (χ3n) is 3.82. The predicted octanol–water partition coefficient (Wildman–Crippen LogP) is 2.01. The van der Waals surface area contributed by atoms with Gasteiger partial charge in [0, 0.05) is 0 Å². The van der Waals surface area contributed by atoms with Gasteiger partial charge in [-0.25, -0.2) is 0 Å². The molecule has 3 rings (SSSR count). The highest BCUT2D eigenvalue weighted by atomic mass is 16.6. The van der Waals surface area contributed by atoms with E-state index in [1.165, 1.54) is 37.9 Å². The molecule has 98 valence electrons. The second kappa shape index (κ2) is 5.72. The largest absolute Gasteiger partial charge is 0.486 e. The van der Waals surface area contributed by atoms with Crippen LogP contribution in [0.4, 0.5) is 0 Å². The van der Waals surface area contributed by atoms with E-state index >= 15 is 0 Å². The summed E-state index contributed by atoms with van der Waals surface area (Å²) in [6.45, 7) is 3.81. The Morgan fingerprint density at radius 1 is 1.11 bits per heavy atom. The number of rotatable bonds is 4. The molecule has 0 aliphatic carbocycles. The maximum atomic E-state index is 5.76. The highest BCUT2D eigenvalue weighted by Gasteiger charge is 2.20. The zero-order chi connectivity index (χ0) is 12.2. The quantitative estimate of drug-likeness (QED) is 0.883. The second-order valence-corrected chi connectivity index (χ2v) is 5.32. The lowest BCUT2D eigenvalue weighted by Gasteiger charge is -2.27. The zero-order valence-corrected chi connectivity index (χ0v) is 10.7. The van der Waals surface area contributed by atoms with Crippen molar-refractivity contribution in [3.05, 3.63) is 29.8 Å². The summed E-state index contributed by atoms with van der Waals surface area (Å²) in [5.74, 6) is 1.82. The van der Waals surface area contributed by atoms with Crippen LogP contribution < -0.4 is 10.1 Å². The van der Waals surface area contributed by atoms with Gasteiger partial charge < -0.3 is 14.8 Å². The molecule has 18 heavy (non-hydrogen) atoms. The standard InChI is InChI=1S/C15H21NO2/c1-3-14(18-15-10-17-11-15)4-2-12(1)9-13-5-7-16-8-6-13/h1-4,13,15-16H,5-11H2. The predicted molar refractivity (Wildman–Crippen MR) is 71.0 cm³/mol. The molecule has 3 nitrogen and oxygen atoms in total. The molecule has 3 heteroatoms. The van der Waals surface area contributed by atoms with Gasteiger partial charge in [0.05, 0.1) is 13.2 Å². The molecule has 2 saturated heterocycles. The maximum Gasteiger partial charge on any atom is 0.145 e. The number of piperidine rings is 1. The van der Waals surface area contributed by atoms with Gasteiger partial charge in [0.2, 0.25) is 0 Å². The van der Waals surface area contributed by atoms with Crippen molar-refractivity contribution in [1.82, 2.24) is 5.32 Å². The topological polar surface area (TPSA) is 30.5 Å². The molecule has 0 unspecified atom stereocenters. The van der Waals surface area contributed by atoms with Gasteiger partial charge in [-0.15, -0.1) is 0 Å². The Morgan fingerprint density at radius 2 is 1.83 bits per heavy atom. The minimum Gasteiger partial charge on any atom is -0.486 e. The molecule has 0 amide bonds. The first kappa shape index (κ1) is 12.0. The van der Waals surface area contributed by atoms with Gasteiger partial charge in [-0.2, -0.15) is 0 Å². The molecular formula is C15H21NO2. The van der Waals surface area contributed by atoms with Gasteiger partial charge in [-0.05, 0) is 56.0 Å². The van der Waals surface area contributed by atoms with Crippen molar-refractivity contribution in [1.29, 1.82) is 0 Å². The molecule has 2 aliphatic rings. The van der Waals surface area contributed by atoms with E-state index in [2.05, 4.69) is 29.6 Å². The summed E-state index contributed by atoms with van der Waals surface area (Å²) in [5.41, 5.74) is 1.43. The summed E-state index contributed by atoms with van der Waals surface area (Å²) < 4.78 is 10.9. The average molecular weight is 247 g/mol. The lowest BCUT2D eigenvalue weighted by atomic mass is 9.91. The normalized spacial score (nSPS) is 21.6. The van der Waals surface area contributed by atoms with Crippen molar-refractivity contribution >= 4 is 0 Å². The Kier molecular flexibility index (Phi) is 3.81. The van der Waals surface area contributed by atoms with Crippen molar-refractivity contribution in [3.8, 4) is 5.75 Å². The minimum atomic E-state index is 0.264. The fourth-order valence-electron chi connectivity index (χ4n) is 2.60. The molecule has 2 fully saturated rings. The lowest BCUT2D eigenvalue weighted by Crippen LogP contribution is -2.38. The molecule has 1 aromatic rings. The number of hydrogen-bond acceptors (Lipinski definition) is 3. The second-order valence-electron chi connectivity index (χ2n) is 5.32. The first-order chi connectivity index (χ1) is 8.90. The van der Waals surface area contributed by atoms with Crippen molar-refractivity contribution in [2.45, 2.75) is 25.4 Å². The summed E-state index contributed by atoms with van der Waals surface area (Å²) in [6, 6.07) is 8.59. The first-order valence-electron chi connectivity index (χ1n) is 6.94. The van der Waals surface area contributed by atoms with Crippen LogP contribution >= 0.6 is 0 Å². The third-order valence-corrected chi connectivity index (χ3v) is 3.82. The molecule has 0 bridgehead atoms. The van der Waals surface area contributed by atoms with E-state index in [0.29, 0.717) is 0 Å². The average Bonchev–Trinajstić information content (AvgIpc) is 2.37. The molecule has 2 aliphatic heterocycles. The van der Waals surface area contributed by atoms with E-state index < -0.39 is 0 Å². The molecule has 1 N–H and O–H groups in total. The van der Waals surface area contributed by atoms with Crippen LogP contribution in [0.2, 0.25) is 0 Å². The Labute approximate surface area is 108 Å². The van der Waals surface area contributed by atoms with Gasteiger partial charge in [0.1, 0.15) is 11.9 Å². The molecule has 0 saturated carbocycles. The molecule has 0 spiro atoms. The molecule has 0 radical (unpaired) electrons. The summed E-state index contributed by atoms with van der Waals surface area (Å²) >= 11 is 0. The van der Waals surface area contributed by atoms with Gasteiger partial charge in [0.25, 0.3) is 0 Å². The summed E-state index contributed by atoms with van der Waals surface area (Å²) in [7, 11) is 0. The van der Waals surface area contributed by atoms with Crippen molar-refractivity contribution in [3.63, 3.8) is 0 Å². The summed E-state index contributed by atoms with van der Waals surface area (Å²) in [6.07, 6.45) is 4.07. The number of benzene rings is 1. The highest BCUT2D eigenvalue weighted by Crippen LogP contribution is 2.21. The van der Waals surface area contributed by atoms with Crippen LogP contribution in [0.1, 0.15) is 18.4 Å². The van der Waals surface area contributed by atoms with Crippen LogP contribution in [0.25, 0.3) is 0 Å². The van der Waals surface area contributed by atoms with E-state index in [9.17, 15) is 0 Å². The Bertz CT molecular complexity index is 367. The van der Waals surface area contributed by atoms with Crippen LogP contribution in [0.5, 0.6) is 5.75 Å². The molecule has 1 aromatic carbocycles. The summed E-state index contributed by atoms with van der Waals surface area (Å²) in [4.78, 5) is 0. The van der Waals surface area contributed by atoms with Gasteiger partial charge >= 0.3 is 0 Å². The van der Waals surface area contributed by atoms with E-state index in [1.54, 1.807) is 0 Å². The Balaban J connectivity index is 1.52. The molecular weight excluding hydrogens is 226 g/mol. The maximum absolute atomic E-state index is 5.76. The fraction of sp³-hybridized carbons (Fsp3) is 0.600. The number of nitrogens with one attached hydrogen (secondary N) is 1. The molecule has 0 aromatic heterocycles. The van der Waals surface area contributed by atoms with Gasteiger partial charge in [0.15, 0.2) is 0 Å². The monoisotopic (exact) mass is 247 g/mol. The lowest BCUT2D eigenvalue weighted by molar-refractivity contribution is -0.0796. The molecule has 0 atom stereocenters. The third kappa shape index (κ3) is 3.03. The number of hydrogen-bond donors (Lipinski definition) is 1. The minimum absolute atomic E-state index is 0.264. The smallest absolute Gasteiger partial charge is 0.145 e. The van der Waals surface area contributed by atoms with Gasteiger partial charge in [-0.1, -0.05) is 12.1 Å². The fourth-order valence-corrected chi connectivity index (χ4v) is 2.60. The Hall–Kier alpha value is -1.06. The van der Waals surface area contributed by atoms with Crippen LogP contribution in [-0.4, -0.2) is 32.4 Å². The first-order valence-corrected chi connectivity index (χ1v) is 6.94. The molecule has 2 heterocycles. The van der Waals surface area contributed by atoms with E-state index in [4.69, 9.17) is 9.47 Å². The van der Waals surface area contributed by atoms with Crippen molar-refractivity contribution < 1.29 is 9.47 Å². The Morgan fingerprint density at radius 3 is 2.44 bits per heavy atom. The van der Waals surface area contributed by atoms with Crippen LogP contribution in [0.15, 0.2) is 24.3 Å². The van der Waals surface area contributed by atoms with Gasteiger partial charge in [-0.3, -0.25) is 0 Å². The van der Waals surface area contributed by atoms with E-state index in [-0.39, 0.29) is 6.10 Å². The highest BCUT2D eigenvalue weighted by molar-refractivity contribution is 5.28. The van der Waals surface area contributed by atoms with Crippen molar-refractivity contribution in [2.24, 2.45) is 5.92 Å². The summed E-state index contributed by atoms with van der Waals surface area (Å²) in [5, 5.41) is 3.41. The van der Waals surface area contributed by atoms with Crippen LogP contribution in [0.3, 0.4) is 0 Å². The number of ether oxygens (including phenoxy) is 2. The van der Waals surface area contributed by atoms with Crippen LogP contribution in [0, 0.1) is 5.92 Å². The van der Waals surface area contributed by atoms with E-state index in [1.807, 2.05) is 0 Å².